The number of rotatable bonds is 4. The fraction of sp³-hybridized carbons (Fsp3) is 0.367. The van der Waals surface area contributed by atoms with Crippen LogP contribution in [0.15, 0.2) is 60.8 Å². The SMILES string of the molecule is CC(C)(C)c1cc(C(=O)N2CCC3(CC2)CN(C(=O)c2ccccc2OC(F)F)c2ccc(F)cc23)ccn1. The second-order valence-corrected chi connectivity index (χ2v) is 11.2. The van der Waals surface area contributed by atoms with E-state index in [9.17, 15) is 22.8 Å². The monoisotopic (exact) mass is 537 g/mol. The molecular formula is C30H30F3N3O3. The highest BCUT2D eigenvalue weighted by Crippen LogP contribution is 2.48. The first-order valence-corrected chi connectivity index (χ1v) is 12.9. The van der Waals surface area contributed by atoms with E-state index in [0.29, 0.717) is 42.7 Å². The van der Waals surface area contributed by atoms with E-state index in [1.165, 1.54) is 35.2 Å². The van der Waals surface area contributed by atoms with Gasteiger partial charge in [-0.1, -0.05) is 32.9 Å². The number of para-hydroxylation sites is 1. The van der Waals surface area contributed by atoms with E-state index >= 15 is 0 Å². The summed E-state index contributed by atoms with van der Waals surface area (Å²) in [4.78, 5) is 34.7. The number of piperidine rings is 1. The molecule has 0 saturated carbocycles. The fourth-order valence-electron chi connectivity index (χ4n) is 5.53. The van der Waals surface area contributed by atoms with E-state index < -0.39 is 23.8 Å². The summed E-state index contributed by atoms with van der Waals surface area (Å²) in [5, 5.41) is 0. The quantitative estimate of drug-likeness (QED) is 0.413. The van der Waals surface area contributed by atoms with Crippen molar-refractivity contribution in [1.29, 1.82) is 0 Å². The van der Waals surface area contributed by atoms with Crippen LogP contribution >= 0.6 is 0 Å². The number of fused-ring (bicyclic) bond motifs is 2. The molecule has 0 bridgehead atoms. The number of aromatic nitrogens is 1. The number of likely N-dealkylation sites (tertiary alicyclic amines) is 1. The molecule has 1 fully saturated rings. The molecule has 1 spiro atoms. The Hall–Kier alpha value is -3.88. The number of halogens is 3. The van der Waals surface area contributed by atoms with Gasteiger partial charge in [-0.15, -0.1) is 0 Å². The lowest BCUT2D eigenvalue weighted by molar-refractivity contribution is -0.0501. The minimum Gasteiger partial charge on any atom is -0.434 e. The highest BCUT2D eigenvalue weighted by Gasteiger charge is 2.47. The summed E-state index contributed by atoms with van der Waals surface area (Å²) in [5.41, 5.74) is 1.85. The number of hydrogen-bond donors (Lipinski definition) is 0. The molecule has 0 N–H and O–H groups in total. The smallest absolute Gasteiger partial charge is 0.387 e. The molecule has 6 nitrogen and oxygen atoms in total. The van der Waals surface area contributed by atoms with Crippen LogP contribution in [-0.4, -0.2) is 47.9 Å². The molecular weight excluding hydrogens is 507 g/mol. The number of pyridine rings is 1. The third-order valence-electron chi connectivity index (χ3n) is 7.64. The van der Waals surface area contributed by atoms with Crippen LogP contribution in [0.4, 0.5) is 18.9 Å². The Morgan fingerprint density at radius 1 is 1.00 bits per heavy atom. The predicted molar refractivity (Wildman–Crippen MR) is 141 cm³/mol. The molecule has 3 aromatic rings. The zero-order chi connectivity index (χ0) is 27.9. The van der Waals surface area contributed by atoms with E-state index in [-0.39, 0.29) is 29.2 Å². The third kappa shape index (κ3) is 5.10. The van der Waals surface area contributed by atoms with Crippen molar-refractivity contribution in [3.8, 4) is 5.75 Å². The second kappa shape index (κ2) is 10.0. The molecule has 5 rings (SSSR count). The number of carbonyl (C=O) groups excluding carboxylic acids is 2. The first-order valence-electron chi connectivity index (χ1n) is 12.9. The van der Waals surface area contributed by atoms with E-state index in [4.69, 9.17) is 0 Å². The summed E-state index contributed by atoms with van der Waals surface area (Å²) in [6.07, 6.45) is 2.69. The van der Waals surface area contributed by atoms with Crippen molar-refractivity contribution < 1.29 is 27.5 Å². The van der Waals surface area contributed by atoms with Gasteiger partial charge >= 0.3 is 6.61 Å². The van der Waals surface area contributed by atoms with Crippen LogP contribution in [0.2, 0.25) is 0 Å². The van der Waals surface area contributed by atoms with Crippen LogP contribution in [0.25, 0.3) is 0 Å². The van der Waals surface area contributed by atoms with Gasteiger partial charge in [0.05, 0.1) is 5.56 Å². The minimum atomic E-state index is -3.08. The zero-order valence-corrected chi connectivity index (χ0v) is 22.1. The first-order chi connectivity index (χ1) is 18.5. The van der Waals surface area contributed by atoms with Gasteiger partial charge in [-0.05, 0) is 60.9 Å². The van der Waals surface area contributed by atoms with Crippen LogP contribution in [0.1, 0.15) is 65.6 Å². The predicted octanol–water partition coefficient (Wildman–Crippen LogP) is 5.95. The average Bonchev–Trinajstić information content (AvgIpc) is 3.21. The van der Waals surface area contributed by atoms with Crippen molar-refractivity contribution >= 4 is 17.5 Å². The molecule has 3 heterocycles. The van der Waals surface area contributed by atoms with Gasteiger partial charge in [-0.2, -0.15) is 8.78 Å². The number of alkyl halides is 2. The van der Waals surface area contributed by atoms with Gasteiger partial charge in [0.2, 0.25) is 0 Å². The van der Waals surface area contributed by atoms with Crippen molar-refractivity contribution in [2.75, 3.05) is 24.5 Å². The Morgan fingerprint density at radius 3 is 2.41 bits per heavy atom. The molecule has 9 heteroatoms. The summed E-state index contributed by atoms with van der Waals surface area (Å²) < 4.78 is 45.0. The van der Waals surface area contributed by atoms with Crippen LogP contribution in [-0.2, 0) is 10.8 Å². The van der Waals surface area contributed by atoms with Crippen LogP contribution in [0.5, 0.6) is 5.75 Å². The van der Waals surface area contributed by atoms with Gasteiger partial charge in [0, 0.05) is 53.6 Å². The van der Waals surface area contributed by atoms with Gasteiger partial charge in [-0.3, -0.25) is 14.6 Å². The molecule has 39 heavy (non-hydrogen) atoms. The maximum absolute atomic E-state index is 14.4. The van der Waals surface area contributed by atoms with E-state index in [1.807, 2.05) is 26.8 Å². The maximum Gasteiger partial charge on any atom is 0.387 e. The maximum atomic E-state index is 14.4. The molecule has 2 aliphatic heterocycles. The lowest BCUT2D eigenvalue weighted by Gasteiger charge is -2.40. The molecule has 0 radical (unpaired) electrons. The summed E-state index contributed by atoms with van der Waals surface area (Å²) in [6, 6.07) is 13.7. The Bertz CT molecular complexity index is 1410. The molecule has 0 unspecified atom stereocenters. The van der Waals surface area contributed by atoms with Gasteiger partial charge < -0.3 is 14.5 Å². The number of ether oxygens (including phenoxy) is 1. The normalized spacial score (nSPS) is 16.5. The minimum absolute atomic E-state index is 0.00470. The topological polar surface area (TPSA) is 62.7 Å². The molecule has 0 atom stereocenters. The number of nitrogens with zero attached hydrogens (tertiary/aromatic N) is 3. The van der Waals surface area contributed by atoms with E-state index in [1.54, 1.807) is 29.3 Å². The van der Waals surface area contributed by atoms with Crippen molar-refractivity contribution in [2.24, 2.45) is 0 Å². The lowest BCUT2D eigenvalue weighted by atomic mass is 9.74. The summed E-state index contributed by atoms with van der Waals surface area (Å²) in [6.45, 7) is 4.14. The standard InChI is InChI=1S/C30H30F3N3O3/c1-29(2,3)25-16-19(10-13-34-25)26(37)35-14-11-30(12-15-35)18-36(23-9-8-20(31)17-22(23)30)27(38)21-6-4-5-7-24(21)39-28(32)33/h4-10,13,16-17,28H,11-12,14-15,18H2,1-3H3. The Kier molecular flexibility index (Phi) is 6.86. The molecule has 1 saturated heterocycles. The van der Waals surface area contributed by atoms with Crippen molar-refractivity contribution in [1.82, 2.24) is 9.88 Å². The van der Waals surface area contributed by atoms with Crippen LogP contribution in [0, 0.1) is 5.82 Å². The molecule has 2 aliphatic rings. The number of anilines is 1. The molecule has 204 valence electrons. The van der Waals surface area contributed by atoms with Gasteiger partial charge in [0.1, 0.15) is 11.6 Å². The average molecular weight is 538 g/mol. The molecule has 0 aliphatic carbocycles. The Balaban J connectivity index is 1.40. The third-order valence-corrected chi connectivity index (χ3v) is 7.64. The summed E-state index contributed by atoms with van der Waals surface area (Å²) in [5.74, 6) is -1.23. The molecule has 2 aromatic carbocycles. The Labute approximate surface area is 225 Å². The van der Waals surface area contributed by atoms with Gasteiger partial charge in [-0.25, -0.2) is 4.39 Å². The molecule has 1 aromatic heterocycles. The number of hydrogen-bond acceptors (Lipinski definition) is 4. The number of carbonyl (C=O) groups is 2. The highest BCUT2D eigenvalue weighted by molar-refractivity contribution is 6.09. The first kappa shape index (κ1) is 26.7. The van der Waals surface area contributed by atoms with Gasteiger partial charge in [0.15, 0.2) is 0 Å². The summed E-state index contributed by atoms with van der Waals surface area (Å²) in [7, 11) is 0. The van der Waals surface area contributed by atoms with Crippen LogP contribution in [0.3, 0.4) is 0 Å². The van der Waals surface area contributed by atoms with Crippen molar-refractivity contribution in [3.63, 3.8) is 0 Å². The zero-order valence-electron chi connectivity index (χ0n) is 22.1. The van der Waals surface area contributed by atoms with E-state index in [2.05, 4.69) is 9.72 Å². The highest BCUT2D eigenvalue weighted by atomic mass is 19.3. The second-order valence-electron chi connectivity index (χ2n) is 11.2. The molecule has 2 amide bonds. The van der Waals surface area contributed by atoms with Crippen molar-refractivity contribution in [2.45, 2.75) is 51.1 Å². The Morgan fingerprint density at radius 2 is 1.72 bits per heavy atom. The van der Waals surface area contributed by atoms with E-state index in [0.717, 1.165) is 5.69 Å². The van der Waals surface area contributed by atoms with Crippen LogP contribution < -0.4 is 9.64 Å². The number of amides is 2. The van der Waals surface area contributed by atoms with Crippen molar-refractivity contribution in [3.05, 3.63) is 89.0 Å². The summed E-state index contributed by atoms with van der Waals surface area (Å²) >= 11 is 0. The largest absolute Gasteiger partial charge is 0.434 e. The fourth-order valence-corrected chi connectivity index (χ4v) is 5.53. The number of benzene rings is 2. The van der Waals surface area contributed by atoms with Gasteiger partial charge in [0.25, 0.3) is 11.8 Å². The lowest BCUT2D eigenvalue weighted by Crippen LogP contribution is -2.48.